The molecule has 5 heteroatoms. The highest BCUT2D eigenvalue weighted by atomic mass is 35.5. The molecule has 0 bridgehead atoms. The normalized spacial score (nSPS) is 15.8. The van der Waals surface area contributed by atoms with Crippen LogP contribution in [0, 0.1) is 6.92 Å². The Hall–Kier alpha value is -1.81. The molecule has 24 heavy (non-hydrogen) atoms. The van der Waals surface area contributed by atoms with Crippen molar-refractivity contribution in [3.05, 3.63) is 46.7 Å². The molecule has 1 aliphatic rings. The summed E-state index contributed by atoms with van der Waals surface area (Å²) in [5, 5.41) is 7.73. The van der Waals surface area contributed by atoms with Crippen molar-refractivity contribution in [1.82, 2.24) is 9.97 Å². The lowest BCUT2D eigenvalue weighted by atomic mass is 10.1. The summed E-state index contributed by atoms with van der Waals surface area (Å²) in [6.07, 6.45) is 7.80. The Morgan fingerprint density at radius 1 is 1.00 bits per heavy atom. The molecule has 3 rings (SSSR count). The average Bonchev–Trinajstić information content (AvgIpc) is 2.82. The van der Waals surface area contributed by atoms with Crippen molar-refractivity contribution in [1.29, 1.82) is 0 Å². The SMILES string of the molecule is Cc1nc(NCc2ccc(Cl)cc2)cc(NC2CCCCCC2)n1. The van der Waals surface area contributed by atoms with Crippen LogP contribution in [0.5, 0.6) is 0 Å². The van der Waals surface area contributed by atoms with Crippen LogP contribution in [0.1, 0.15) is 49.9 Å². The van der Waals surface area contributed by atoms with Crippen molar-refractivity contribution < 1.29 is 0 Å². The fraction of sp³-hybridized carbons (Fsp3) is 0.474. The molecule has 1 fully saturated rings. The molecule has 0 saturated heterocycles. The monoisotopic (exact) mass is 344 g/mol. The van der Waals surface area contributed by atoms with Gasteiger partial charge in [0.2, 0.25) is 0 Å². The number of rotatable bonds is 5. The lowest BCUT2D eigenvalue weighted by Crippen LogP contribution is -2.19. The summed E-state index contributed by atoms with van der Waals surface area (Å²) in [7, 11) is 0. The van der Waals surface area contributed by atoms with E-state index in [1.165, 1.54) is 44.1 Å². The standard InChI is InChI=1S/C19H25ClN4/c1-14-22-18(21-13-15-8-10-16(20)11-9-15)12-19(23-14)24-17-6-4-2-3-5-7-17/h8-12,17H,2-7,13H2,1H3,(H2,21,22,23,24). The fourth-order valence-electron chi connectivity index (χ4n) is 3.16. The van der Waals surface area contributed by atoms with Gasteiger partial charge in [0.15, 0.2) is 0 Å². The number of aromatic nitrogens is 2. The van der Waals surface area contributed by atoms with Crippen LogP contribution >= 0.6 is 11.6 Å². The number of hydrogen-bond acceptors (Lipinski definition) is 4. The topological polar surface area (TPSA) is 49.8 Å². The Bertz CT molecular complexity index is 649. The molecule has 1 aromatic heterocycles. The van der Waals surface area contributed by atoms with Crippen LogP contribution in [0.4, 0.5) is 11.6 Å². The Labute approximate surface area is 149 Å². The predicted octanol–water partition coefficient (Wildman–Crippen LogP) is 5.19. The second kappa shape index (κ2) is 8.34. The molecule has 0 spiro atoms. The van der Waals surface area contributed by atoms with Gasteiger partial charge in [-0.2, -0.15) is 0 Å². The van der Waals surface area contributed by atoms with Crippen LogP contribution in [-0.2, 0) is 6.54 Å². The van der Waals surface area contributed by atoms with Gasteiger partial charge in [0.25, 0.3) is 0 Å². The van der Waals surface area contributed by atoms with E-state index in [9.17, 15) is 0 Å². The number of anilines is 2. The average molecular weight is 345 g/mol. The van der Waals surface area contributed by atoms with E-state index in [4.69, 9.17) is 11.6 Å². The molecule has 1 aliphatic carbocycles. The van der Waals surface area contributed by atoms with Gasteiger partial charge in [-0.05, 0) is 37.5 Å². The number of halogens is 1. The molecular weight excluding hydrogens is 320 g/mol. The lowest BCUT2D eigenvalue weighted by Gasteiger charge is -2.18. The van der Waals surface area contributed by atoms with Crippen LogP contribution in [-0.4, -0.2) is 16.0 Å². The van der Waals surface area contributed by atoms with E-state index in [0.717, 1.165) is 29.0 Å². The minimum atomic E-state index is 0.533. The smallest absolute Gasteiger partial charge is 0.132 e. The maximum absolute atomic E-state index is 5.93. The van der Waals surface area contributed by atoms with Crippen LogP contribution in [0.2, 0.25) is 5.02 Å². The number of aryl methyl sites for hydroxylation is 1. The number of nitrogens with zero attached hydrogens (tertiary/aromatic N) is 2. The molecule has 1 saturated carbocycles. The maximum Gasteiger partial charge on any atom is 0.132 e. The van der Waals surface area contributed by atoms with Gasteiger partial charge < -0.3 is 10.6 Å². The van der Waals surface area contributed by atoms with E-state index in [0.29, 0.717) is 6.04 Å². The predicted molar refractivity (Wildman–Crippen MR) is 101 cm³/mol. The van der Waals surface area contributed by atoms with Gasteiger partial charge in [0, 0.05) is 23.7 Å². The van der Waals surface area contributed by atoms with Gasteiger partial charge in [-0.25, -0.2) is 9.97 Å². The highest BCUT2D eigenvalue weighted by Crippen LogP contribution is 2.21. The first kappa shape index (κ1) is 17.0. The van der Waals surface area contributed by atoms with Crippen molar-refractivity contribution >= 4 is 23.2 Å². The molecule has 1 aromatic carbocycles. The Balaban J connectivity index is 1.63. The molecule has 0 unspecified atom stereocenters. The van der Waals surface area contributed by atoms with Gasteiger partial charge in [0.05, 0.1) is 0 Å². The summed E-state index contributed by atoms with van der Waals surface area (Å²) in [6, 6.07) is 10.4. The molecule has 0 aliphatic heterocycles. The van der Waals surface area contributed by atoms with E-state index >= 15 is 0 Å². The maximum atomic E-state index is 5.93. The Kier molecular flexibility index (Phi) is 5.91. The summed E-state index contributed by atoms with van der Waals surface area (Å²) < 4.78 is 0. The van der Waals surface area contributed by atoms with Crippen molar-refractivity contribution in [2.24, 2.45) is 0 Å². The number of benzene rings is 1. The zero-order valence-corrected chi connectivity index (χ0v) is 14.9. The zero-order chi connectivity index (χ0) is 16.8. The summed E-state index contributed by atoms with van der Waals surface area (Å²) >= 11 is 5.93. The minimum absolute atomic E-state index is 0.533. The second-order valence-corrected chi connectivity index (χ2v) is 6.93. The molecule has 0 radical (unpaired) electrons. The third kappa shape index (κ3) is 5.10. The van der Waals surface area contributed by atoms with Crippen LogP contribution in [0.15, 0.2) is 30.3 Å². The molecular formula is C19H25ClN4. The van der Waals surface area contributed by atoms with Crippen molar-refractivity contribution in [2.75, 3.05) is 10.6 Å². The third-order valence-corrected chi connectivity index (χ3v) is 4.68. The van der Waals surface area contributed by atoms with Gasteiger partial charge in [-0.1, -0.05) is 49.4 Å². The van der Waals surface area contributed by atoms with E-state index in [2.05, 4.69) is 20.6 Å². The van der Waals surface area contributed by atoms with E-state index < -0.39 is 0 Å². The first-order chi connectivity index (χ1) is 11.7. The first-order valence-corrected chi connectivity index (χ1v) is 9.17. The van der Waals surface area contributed by atoms with Gasteiger partial charge in [-0.3, -0.25) is 0 Å². The number of nitrogens with one attached hydrogen (secondary N) is 2. The van der Waals surface area contributed by atoms with Crippen molar-refractivity contribution in [3.8, 4) is 0 Å². The van der Waals surface area contributed by atoms with E-state index in [1.54, 1.807) is 0 Å². The van der Waals surface area contributed by atoms with Crippen molar-refractivity contribution in [3.63, 3.8) is 0 Å². The van der Waals surface area contributed by atoms with Crippen LogP contribution in [0.3, 0.4) is 0 Å². The van der Waals surface area contributed by atoms with Gasteiger partial charge in [-0.15, -0.1) is 0 Å². The Morgan fingerprint density at radius 2 is 1.67 bits per heavy atom. The molecule has 0 amide bonds. The molecule has 128 valence electrons. The van der Waals surface area contributed by atoms with Gasteiger partial charge in [0.1, 0.15) is 17.5 Å². The molecule has 2 N–H and O–H groups in total. The highest BCUT2D eigenvalue weighted by Gasteiger charge is 2.13. The second-order valence-electron chi connectivity index (χ2n) is 6.50. The van der Waals surface area contributed by atoms with Gasteiger partial charge >= 0.3 is 0 Å². The summed E-state index contributed by atoms with van der Waals surface area (Å²) in [5.41, 5.74) is 1.17. The number of hydrogen-bond donors (Lipinski definition) is 2. The quantitative estimate of drug-likeness (QED) is 0.733. The van der Waals surface area contributed by atoms with Crippen LogP contribution < -0.4 is 10.6 Å². The molecule has 4 nitrogen and oxygen atoms in total. The minimum Gasteiger partial charge on any atom is -0.367 e. The third-order valence-electron chi connectivity index (χ3n) is 4.43. The van der Waals surface area contributed by atoms with E-state index in [-0.39, 0.29) is 0 Å². The molecule has 0 atom stereocenters. The van der Waals surface area contributed by atoms with Crippen LogP contribution in [0.25, 0.3) is 0 Å². The zero-order valence-electron chi connectivity index (χ0n) is 14.2. The first-order valence-electron chi connectivity index (χ1n) is 8.79. The largest absolute Gasteiger partial charge is 0.367 e. The molecule has 2 aromatic rings. The summed E-state index contributed by atoms with van der Waals surface area (Å²) in [5.74, 6) is 2.56. The summed E-state index contributed by atoms with van der Waals surface area (Å²) in [6.45, 7) is 2.65. The highest BCUT2D eigenvalue weighted by molar-refractivity contribution is 6.30. The van der Waals surface area contributed by atoms with Crippen molar-refractivity contribution in [2.45, 2.75) is 58.0 Å². The summed E-state index contributed by atoms with van der Waals surface area (Å²) in [4.78, 5) is 9.04. The van der Waals surface area contributed by atoms with E-state index in [1.807, 2.05) is 37.3 Å². The fourth-order valence-corrected chi connectivity index (χ4v) is 3.29. The Morgan fingerprint density at radius 3 is 2.38 bits per heavy atom. The molecule has 1 heterocycles. The lowest BCUT2D eigenvalue weighted by molar-refractivity contribution is 0.617.